The number of Topliss-reactive ketones (excluding diaryl/α,β-unsaturated/α-hetero) is 1. The fourth-order valence-corrected chi connectivity index (χ4v) is 2.10. The van der Waals surface area contributed by atoms with Gasteiger partial charge in [-0.15, -0.1) is 0 Å². The molecule has 0 aliphatic carbocycles. The normalized spacial score (nSPS) is 30.1. The van der Waals surface area contributed by atoms with Crippen LogP contribution in [0.2, 0.25) is 0 Å². The summed E-state index contributed by atoms with van der Waals surface area (Å²) in [5.74, 6) is -0.619. The molecule has 0 aromatic carbocycles. The van der Waals surface area contributed by atoms with Crippen LogP contribution in [0.1, 0.15) is 41.0 Å². The predicted molar refractivity (Wildman–Crippen MR) is 62.0 cm³/mol. The summed E-state index contributed by atoms with van der Waals surface area (Å²) in [6, 6.07) is 0. The van der Waals surface area contributed by atoms with Crippen molar-refractivity contribution in [1.82, 2.24) is 0 Å². The van der Waals surface area contributed by atoms with Crippen LogP contribution in [0.3, 0.4) is 0 Å². The maximum atomic E-state index is 11.9. The summed E-state index contributed by atoms with van der Waals surface area (Å²) in [6.07, 6.45) is 0.704. The van der Waals surface area contributed by atoms with Crippen LogP contribution in [0.25, 0.3) is 0 Å². The van der Waals surface area contributed by atoms with Crippen LogP contribution in [0, 0.1) is 5.41 Å². The van der Waals surface area contributed by atoms with Gasteiger partial charge in [-0.25, -0.2) is 0 Å². The molecule has 1 aliphatic heterocycles. The van der Waals surface area contributed by atoms with Crippen molar-refractivity contribution < 1.29 is 14.3 Å². The van der Waals surface area contributed by atoms with Crippen LogP contribution in [-0.4, -0.2) is 30.3 Å². The minimum Gasteiger partial charge on any atom is -0.350 e. The van der Waals surface area contributed by atoms with Crippen molar-refractivity contribution in [3.63, 3.8) is 0 Å². The van der Waals surface area contributed by atoms with Crippen molar-refractivity contribution in [3.05, 3.63) is 0 Å². The Labute approximate surface area is 97.5 Å². The summed E-state index contributed by atoms with van der Waals surface area (Å²) in [5, 5.41) is 0. The van der Waals surface area contributed by atoms with E-state index in [1.807, 2.05) is 34.6 Å². The Morgan fingerprint density at radius 3 is 2.38 bits per heavy atom. The fourth-order valence-electron chi connectivity index (χ4n) is 2.10. The van der Waals surface area contributed by atoms with Gasteiger partial charge in [0.2, 0.25) is 0 Å². The summed E-state index contributed by atoms with van der Waals surface area (Å²) in [7, 11) is 0. The molecule has 16 heavy (non-hydrogen) atoms. The first-order valence-electron chi connectivity index (χ1n) is 5.72. The van der Waals surface area contributed by atoms with E-state index < -0.39 is 16.8 Å². The number of carbonyl (C=O) groups excluding carboxylic acids is 1. The minimum absolute atomic E-state index is 0.0210. The topological polar surface area (TPSA) is 61.5 Å². The van der Waals surface area contributed by atoms with Gasteiger partial charge in [0.15, 0.2) is 11.6 Å². The molecule has 1 aliphatic rings. The second-order valence-electron chi connectivity index (χ2n) is 5.58. The molecule has 0 bridgehead atoms. The maximum Gasteiger partial charge on any atom is 0.163 e. The minimum atomic E-state index is -0.640. The third-order valence-corrected chi connectivity index (χ3v) is 3.70. The Kier molecular flexibility index (Phi) is 3.48. The molecule has 4 heteroatoms. The lowest BCUT2D eigenvalue weighted by Gasteiger charge is -2.50. The molecule has 94 valence electrons. The van der Waals surface area contributed by atoms with E-state index in [9.17, 15) is 4.79 Å². The van der Waals surface area contributed by atoms with Crippen molar-refractivity contribution in [2.24, 2.45) is 11.1 Å². The first kappa shape index (κ1) is 13.6. The molecular weight excluding hydrogens is 206 g/mol. The van der Waals surface area contributed by atoms with Gasteiger partial charge < -0.3 is 15.2 Å². The molecule has 0 unspecified atom stereocenters. The highest BCUT2D eigenvalue weighted by molar-refractivity contribution is 5.87. The first-order valence-corrected chi connectivity index (χ1v) is 5.72. The summed E-state index contributed by atoms with van der Waals surface area (Å²) >= 11 is 0. The van der Waals surface area contributed by atoms with E-state index in [4.69, 9.17) is 15.2 Å². The van der Waals surface area contributed by atoms with Gasteiger partial charge in [-0.3, -0.25) is 4.79 Å². The lowest BCUT2D eigenvalue weighted by molar-refractivity contribution is -0.325. The van der Waals surface area contributed by atoms with Gasteiger partial charge in [-0.1, -0.05) is 13.8 Å². The molecular formula is C12H23NO3. The molecule has 1 fully saturated rings. The van der Waals surface area contributed by atoms with Gasteiger partial charge in [0.25, 0.3) is 0 Å². The summed E-state index contributed by atoms with van der Waals surface area (Å²) in [5.41, 5.74) is 4.34. The molecule has 1 atom stereocenters. The number of ketones is 1. The Morgan fingerprint density at radius 2 is 1.94 bits per heavy atom. The molecule has 0 spiro atoms. The molecule has 0 amide bonds. The molecule has 0 aromatic rings. The van der Waals surface area contributed by atoms with E-state index >= 15 is 0 Å². The predicted octanol–water partition coefficient (Wildman–Crippen LogP) is 1.47. The van der Waals surface area contributed by atoms with Crippen molar-refractivity contribution in [2.45, 2.75) is 52.4 Å². The van der Waals surface area contributed by atoms with Gasteiger partial charge >= 0.3 is 0 Å². The standard InChI is InChI=1S/C12H23NO3/c1-10(2,9(14)8-13)12(5)6-7-15-11(3,4)16-12/h6-8,13H2,1-5H3/t12-/m1/s1. The van der Waals surface area contributed by atoms with E-state index in [2.05, 4.69) is 0 Å². The molecule has 0 saturated carbocycles. The number of ether oxygens (including phenoxy) is 2. The lowest BCUT2D eigenvalue weighted by Crippen LogP contribution is -2.58. The fraction of sp³-hybridized carbons (Fsp3) is 0.917. The molecule has 2 N–H and O–H groups in total. The Balaban J connectivity index is 2.96. The largest absolute Gasteiger partial charge is 0.350 e. The number of hydrogen-bond acceptors (Lipinski definition) is 4. The highest BCUT2D eigenvalue weighted by Gasteiger charge is 2.51. The number of carbonyl (C=O) groups is 1. The van der Waals surface area contributed by atoms with Gasteiger partial charge in [0.1, 0.15) is 0 Å². The molecule has 1 saturated heterocycles. The second kappa shape index (κ2) is 4.09. The van der Waals surface area contributed by atoms with Crippen LogP contribution >= 0.6 is 0 Å². The van der Waals surface area contributed by atoms with Crippen molar-refractivity contribution in [3.8, 4) is 0 Å². The monoisotopic (exact) mass is 229 g/mol. The zero-order valence-electron chi connectivity index (χ0n) is 10.9. The number of nitrogens with two attached hydrogens (primary N) is 1. The highest BCUT2D eigenvalue weighted by Crippen LogP contribution is 2.43. The van der Waals surface area contributed by atoms with Gasteiger partial charge in [-0.05, 0) is 20.8 Å². The van der Waals surface area contributed by atoms with E-state index in [1.165, 1.54) is 0 Å². The second-order valence-corrected chi connectivity index (χ2v) is 5.58. The van der Waals surface area contributed by atoms with Crippen molar-refractivity contribution >= 4 is 5.78 Å². The van der Waals surface area contributed by atoms with Crippen LogP contribution in [0.5, 0.6) is 0 Å². The Bertz CT molecular complexity index is 286. The average Bonchev–Trinajstić information content (AvgIpc) is 2.14. The van der Waals surface area contributed by atoms with E-state index in [-0.39, 0.29) is 12.3 Å². The molecule has 4 nitrogen and oxygen atoms in total. The molecule has 1 rings (SSSR count). The maximum absolute atomic E-state index is 11.9. The SMILES string of the molecule is CC1(C)OCC[C@](C)(C(C)(C)C(=O)CN)O1. The number of rotatable bonds is 3. The quantitative estimate of drug-likeness (QED) is 0.796. The zero-order valence-corrected chi connectivity index (χ0v) is 10.9. The van der Waals surface area contributed by atoms with E-state index in [1.54, 1.807) is 0 Å². The van der Waals surface area contributed by atoms with E-state index in [0.29, 0.717) is 13.0 Å². The third kappa shape index (κ3) is 2.29. The van der Waals surface area contributed by atoms with Crippen LogP contribution in [0.4, 0.5) is 0 Å². The van der Waals surface area contributed by atoms with Crippen molar-refractivity contribution in [1.29, 1.82) is 0 Å². The van der Waals surface area contributed by atoms with E-state index in [0.717, 1.165) is 0 Å². The van der Waals surface area contributed by atoms with Crippen molar-refractivity contribution in [2.75, 3.05) is 13.2 Å². The smallest absolute Gasteiger partial charge is 0.163 e. The molecule has 0 radical (unpaired) electrons. The van der Waals surface area contributed by atoms with Crippen LogP contribution in [-0.2, 0) is 14.3 Å². The first-order chi connectivity index (χ1) is 7.15. The van der Waals surface area contributed by atoms with Gasteiger partial charge in [0.05, 0.1) is 24.2 Å². The highest BCUT2D eigenvalue weighted by atomic mass is 16.7. The summed E-state index contributed by atoms with van der Waals surface area (Å²) in [4.78, 5) is 11.9. The Hall–Kier alpha value is -0.450. The average molecular weight is 229 g/mol. The zero-order chi connectivity index (χ0) is 12.6. The molecule has 0 aromatic heterocycles. The summed E-state index contributed by atoms with van der Waals surface area (Å²) in [6.45, 7) is 10.1. The lowest BCUT2D eigenvalue weighted by atomic mass is 9.70. The van der Waals surface area contributed by atoms with Gasteiger partial charge in [0, 0.05) is 6.42 Å². The van der Waals surface area contributed by atoms with Crippen LogP contribution in [0.15, 0.2) is 0 Å². The summed E-state index contributed by atoms with van der Waals surface area (Å²) < 4.78 is 11.5. The molecule has 1 heterocycles. The third-order valence-electron chi connectivity index (χ3n) is 3.70. The van der Waals surface area contributed by atoms with Gasteiger partial charge in [-0.2, -0.15) is 0 Å². The number of hydrogen-bond donors (Lipinski definition) is 1. The Morgan fingerprint density at radius 1 is 1.38 bits per heavy atom. The van der Waals surface area contributed by atoms with Crippen LogP contribution < -0.4 is 5.73 Å².